The highest BCUT2D eigenvalue weighted by Gasteiger charge is 2.54. The minimum absolute atomic E-state index is 0.0177. The molecule has 5 nitrogen and oxygen atoms in total. The Labute approximate surface area is 116 Å². The predicted octanol–water partition coefficient (Wildman–Crippen LogP) is 1.63. The fourth-order valence-corrected chi connectivity index (χ4v) is 3.15. The minimum Gasteiger partial charge on any atom is -0.409 e. The molecule has 104 valence electrons. The van der Waals surface area contributed by atoms with Crippen LogP contribution in [-0.2, 0) is 11.2 Å². The molecule has 2 rings (SSSR count). The number of carbonyl (C=O) groups is 1. The number of aryl methyl sites for hydroxylation is 1. The van der Waals surface area contributed by atoms with Crippen molar-refractivity contribution in [3.8, 4) is 0 Å². The molecule has 1 heterocycles. The van der Waals surface area contributed by atoms with Crippen LogP contribution in [0.25, 0.3) is 0 Å². The number of amides is 1. The molecule has 0 radical (unpaired) electrons. The van der Waals surface area contributed by atoms with E-state index in [0.29, 0.717) is 12.8 Å². The Morgan fingerprint density at radius 1 is 1.63 bits per heavy atom. The molecule has 4 N–H and O–H groups in total. The van der Waals surface area contributed by atoms with E-state index in [-0.39, 0.29) is 17.8 Å². The third-order valence-corrected chi connectivity index (χ3v) is 4.49. The summed E-state index contributed by atoms with van der Waals surface area (Å²) in [5.41, 5.74) is 4.82. The van der Waals surface area contributed by atoms with Crippen LogP contribution in [0.15, 0.2) is 17.3 Å². The van der Waals surface area contributed by atoms with E-state index < -0.39 is 5.41 Å². The van der Waals surface area contributed by atoms with Gasteiger partial charge in [-0.25, -0.2) is 0 Å². The van der Waals surface area contributed by atoms with Gasteiger partial charge >= 0.3 is 0 Å². The van der Waals surface area contributed by atoms with Gasteiger partial charge in [-0.15, -0.1) is 11.3 Å². The molecule has 0 aromatic carbocycles. The number of hydrogen-bond donors (Lipinski definition) is 3. The first-order chi connectivity index (χ1) is 8.98. The Hall–Kier alpha value is -1.56. The van der Waals surface area contributed by atoms with Gasteiger partial charge in [0, 0.05) is 22.2 Å². The van der Waals surface area contributed by atoms with Gasteiger partial charge in [-0.05, 0) is 38.8 Å². The number of nitrogens with two attached hydrogens (primary N) is 1. The van der Waals surface area contributed by atoms with Gasteiger partial charge in [0.25, 0.3) is 0 Å². The van der Waals surface area contributed by atoms with Crippen LogP contribution in [-0.4, -0.2) is 23.0 Å². The first-order valence-corrected chi connectivity index (χ1v) is 7.14. The SMILES string of the molecule is Cc1ccc(CC(C)NC(=O)C2(/C(N)=N/O)CC2)s1. The summed E-state index contributed by atoms with van der Waals surface area (Å²) in [6, 6.07) is 4.20. The second-order valence-electron chi connectivity index (χ2n) is 5.16. The van der Waals surface area contributed by atoms with Crippen molar-refractivity contribution in [2.45, 2.75) is 39.2 Å². The monoisotopic (exact) mass is 281 g/mol. The smallest absolute Gasteiger partial charge is 0.234 e. The van der Waals surface area contributed by atoms with E-state index in [0.717, 1.165) is 6.42 Å². The van der Waals surface area contributed by atoms with Crippen molar-refractivity contribution in [2.24, 2.45) is 16.3 Å². The number of carbonyl (C=O) groups excluding carboxylic acids is 1. The van der Waals surface area contributed by atoms with E-state index in [1.807, 2.05) is 6.92 Å². The number of amidine groups is 1. The molecular formula is C13H19N3O2S. The van der Waals surface area contributed by atoms with E-state index in [1.54, 1.807) is 11.3 Å². The largest absolute Gasteiger partial charge is 0.409 e. The van der Waals surface area contributed by atoms with Crippen molar-refractivity contribution in [3.05, 3.63) is 21.9 Å². The molecule has 0 aliphatic heterocycles. The molecule has 1 saturated carbocycles. The average Bonchev–Trinajstić information content (AvgIpc) is 3.08. The summed E-state index contributed by atoms with van der Waals surface area (Å²) in [5, 5.41) is 14.6. The van der Waals surface area contributed by atoms with Gasteiger partial charge in [-0.3, -0.25) is 4.79 Å². The molecule has 0 bridgehead atoms. The fraction of sp³-hybridized carbons (Fsp3) is 0.538. The van der Waals surface area contributed by atoms with E-state index in [9.17, 15) is 4.79 Å². The first-order valence-electron chi connectivity index (χ1n) is 6.32. The normalized spacial score (nSPS) is 18.9. The molecule has 1 unspecified atom stereocenters. The Morgan fingerprint density at radius 2 is 2.32 bits per heavy atom. The molecule has 1 aliphatic rings. The Morgan fingerprint density at radius 3 is 2.79 bits per heavy atom. The Kier molecular flexibility index (Phi) is 3.80. The average molecular weight is 281 g/mol. The van der Waals surface area contributed by atoms with Gasteiger partial charge in [0.1, 0.15) is 5.41 Å². The Bertz CT molecular complexity index is 506. The molecule has 19 heavy (non-hydrogen) atoms. The highest BCUT2D eigenvalue weighted by molar-refractivity contribution is 7.11. The minimum atomic E-state index is -0.769. The van der Waals surface area contributed by atoms with Crippen molar-refractivity contribution < 1.29 is 10.0 Å². The van der Waals surface area contributed by atoms with Crippen LogP contribution in [0.3, 0.4) is 0 Å². The number of thiophene rings is 1. The number of nitrogens with zero attached hydrogens (tertiary/aromatic N) is 1. The summed E-state index contributed by atoms with van der Waals surface area (Å²) in [7, 11) is 0. The molecular weight excluding hydrogens is 262 g/mol. The summed E-state index contributed by atoms with van der Waals surface area (Å²) in [6.45, 7) is 4.03. The van der Waals surface area contributed by atoms with Crippen LogP contribution >= 0.6 is 11.3 Å². The van der Waals surface area contributed by atoms with E-state index in [4.69, 9.17) is 10.9 Å². The van der Waals surface area contributed by atoms with Crippen molar-refractivity contribution in [1.82, 2.24) is 5.32 Å². The Balaban J connectivity index is 1.92. The quantitative estimate of drug-likeness (QED) is 0.332. The first kappa shape index (κ1) is 13.9. The summed E-state index contributed by atoms with van der Waals surface area (Å²) in [5.74, 6) is -0.118. The molecule has 1 aromatic heterocycles. The van der Waals surface area contributed by atoms with E-state index in [2.05, 4.69) is 29.5 Å². The highest BCUT2D eigenvalue weighted by atomic mass is 32.1. The second kappa shape index (κ2) is 5.21. The zero-order valence-electron chi connectivity index (χ0n) is 11.1. The summed E-state index contributed by atoms with van der Waals surface area (Å²) >= 11 is 1.74. The summed E-state index contributed by atoms with van der Waals surface area (Å²) in [6.07, 6.45) is 2.11. The van der Waals surface area contributed by atoms with Crippen LogP contribution in [0, 0.1) is 12.3 Å². The molecule has 0 saturated heterocycles. The standard InChI is InChI=1S/C13H19N3O2S/c1-8(7-10-4-3-9(2)19-10)15-12(17)13(5-6-13)11(14)16-18/h3-4,8,18H,5-7H2,1-2H3,(H2,14,16)(H,15,17). The third-order valence-electron chi connectivity index (χ3n) is 3.46. The lowest BCUT2D eigenvalue weighted by Gasteiger charge is -2.18. The van der Waals surface area contributed by atoms with Crippen molar-refractivity contribution in [2.75, 3.05) is 0 Å². The maximum Gasteiger partial charge on any atom is 0.234 e. The van der Waals surface area contributed by atoms with Crippen LogP contribution < -0.4 is 11.1 Å². The van der Waals surface area contributed by atoms with Gasteiger partial charge in [-0.2, -0.15) is 0 Å². The summed E-state index contributed by atoms with van der Waals surface area (Å²) in [4.78, 5) is 14.7. The van der Waals surface area contributed by atoms with Gasteiger partial charge in [0.2, 0.25) is 5.91 Å². The van der Waals surface area contributed by atoms with E-state index >= 15 is 0 Å². The lowest BCUT2D eigenvalue weighted by atomic mass is 10.0. The van der Waals surface area contributed by atoms with E-state index in [1.165, 1.54) is 9.75 Å². The number of rotatable bonds is 5. The molecule has 1 aliphatic carbocycles. The molecule has 1 fully saturated rings. The lowest BCUT2D eigenvalue weighted by Crippen LogP contribution is -2.44. The van der Waals surface area contributed by atoms with Crippen molar-refractivity contribution >= 4 is 23.1 Å². The van der Waals surface area contributed by atoms with Gasteiger partial charge in [0.05, 0.1) is 0 Å². The van der Waals surface area contributed by atoms with Crippen LogP contribution in [0.2, 0.25) is 0 Å². The predicted molar refractivity (Wildman–Crippen MR) is 75.4 cm³/mol. The van der Waals surface area contributed by atoms with Gasteiger partial charge < -0.3 is 16.3 Å². The van der Waals surface area contributed by atoms with Crippen molar-refractivity contribution in [1.29, 1.82) is 0 Å². The molecule has 1 atom stereocenters. The maximum atomic E-state index is 12.2. The molecule has 0 spiro atoms. The lowest BCUT2D eigenvalue weighted by molar-refractivity contribution is -0.124. The highest BCUT2D eigenvalue weighted by Crippen LogP contribution is 2.46. The molecule has 1 aromatic rings. The molecule has 6 heteroatoms. The number of hydrogen-bond acceptors (Lipinski definition) is 4. The van der Waals surface area contributed by atoms with Gasteiger partial charge in [-0.1, -0.05) is 5.16 Å². The van der Waals surface area contributed by atoms with Crippen LogP contribution in [0.4, 0.5) is 0 Å². The van der Waals surface area contributed by atoms with Crippen LogP contribution in [0.1, 0.15) is 29.5 Å². The topological polar surface area (TPSA) is 87.7 Å². The van der Waals surface area contributed by atoms with Crippen LogP contribution in [0.5, 0.6) is 0 Å². The van der Waals surface area contributed by atoms with Crippen molar-refractivity contribution in [3.63, 3.8) is 0 Å². The second-order valence-corrected chi connectivity index (χ2v) is 6.53. The zero-order valence-corrected chi connectivity index (χ0v) is 12.0. The number of oxime groups is 1. The van der Waals surface area contributed by atoms with Gasteiger partial charge in [0.15, 0.2) is 5.84 Å². The fourth-order valence-electron chi connectivity index (χ4n) is 2.13. The maximum absolute atomic E-state index is 12.2. The molecule has 1 amide bonds. The zero-order chi connectivity index (χ0) is 14.0. The summed E-state index contributed by atoms with van der Waals surface area (Å²) < 4.78 is 0. The number of nitrogens with one attached hydrogen (secondary N) is 1. The third kappa shape index (κ3) is 2.89.